The topological polar surface area (TPSA) is 85.0 Å². The lowest BCUT2D eigenvalue weighted by Crippen LogP contribution is -2.39. The molecule has 88 valence electrons. The molecule has 1 aliphatic rings. The van der Waals surface area contributed by atoms with Crippen LogP contribution in [0.15, 0.2) is 18.5 Å². The highest BCUT2D eigenvalue weighted by Crippen LogP contribution is 2.21. The maximum absolute atomic E-state index is 11.6. The Hall–Kier alpha value is -2.15. The number of hydrogen-bond acceptors (Lipinski definition) is 4. The van der Waals surface area contributed by atoms with Crippen molar-refractivity contribution < 1.29 is 9.90 Å². The Morgan fingerprint density at radius 1 is 1.59 bits per heavy atom. The molecule has 0 aliphatic carbocycles. The predicted molar refractivity (Wildman–Crippen MR) is 58.0 cm³/mol. The highest BCUT2D eigenvalue weighted by molar-refractivity contribution is 5.94. The molecule has 1 unspecified atom stereocenters. The van der Waals surface area contributed by atoms with Gasteiger partial charge in [-0.15, -0.1) is 0 Å². The van der Waals surface area contributed by atoms with E-state index in [0.29, 0.717) is 11.4 Å². The monoisotopic (exact) mass is 233 g/mol. The van der Waals surface area contributed by atoms with E-state index in [0.717, 1.165) is 5.56 Å². The van der Waals surface area contributed by atoms with Crippen molar-refractivity contribution in [1.82, 2.24) is 24.9 Å². The molecule has 17 heavy (non-hydrogen) atoms. The van der Waals surface area contributed by atoms with Gasteiger partial charge in [-0.25, -0.2) is 4.68 Å². The molecule has 0 radical (unpaired) electrons. The van der Waals surface area contributed by atoms with Crippen molar-refractivity contribution in [1.29, 1.82) is 0 Å². The van der Waals surface area contributed by atoms with Gasteiger partial charge in [0.25, 0.3) is 5.91 Å². The number of nitrogens with one attached hydrogen (secondary N) is 1. The van der Waals surface area contributed by atoms with E-state index in [1.165, 1.54) is 4.68 Å². The van der Waals surface area contributed by atoms with E-state index in [1.54, 1.807) is 30.2 Å². The molecule has 0 saturated heterocycles. The van der Waals surface area contributed by atoms with E-state index in [1.807, 2.05) is 0 Å². The summed E-state index contributed by atoms with van der Waals surface area (Å²) in [7, 11) is 1.81. The largest absolute Gasteiger partial charge is 0.370 e. The Balaban J connectivity index is 2.09. The van der Waals surface area contributed by atoms with Crippen LogP contribution in [0.25, 0.3) is 11.3 Å². The Morgan fingerprint density at radius 3 is 3.06 bits per heavy atom. The third-order valence-corrected chi connectivity index (χ3v) is 2.70. The number of aliphatic hydroxyl groups excluding tert-OH is 1. The lowest BCUT2D eigenvalue weighted by molar-refractivity contribution is 0.0594. The van der Waals surface area contributed by atoms with E-state index in [4.69, 9.17) is 0 Å². The van der Waals surface area contributed by atoms with E-state index in [-0.39, 0.29) is 12.5 Å². The van der Waals surface area contributed by atoms with Gasteiger partial charge in [-0.2, -0.15) is 10.2 Å². The molecule has 0 spiro atoms. The van der Waals surface area contributed by atoms with Gasteiger partial charge in [0.2, 0.25) is 0 Å². The van der Waals surface area contributed by atoms with Crippen molar-refractivity contribution in [2.24, 2.45) is 7.05 Å². The molecule has 2 aromatic heterocycles. The molecule has 3 rings (SSSR count). The van der Waals surface area contributed by atoms with Crippen LogP contribution in [0.5, 0.6) is 0 Å². The average Bonchev–Trinajstić information content (AvgIpc) is 2.90. The molecule has 7 heteroatoms. The average molecular weight is 233 g/mol. The van der Waals surface area contributed by atoms with Crippen molar-refractivity contribution in [3.05, 3.63) is 24.2 Å². The molecule has 3 heterocycles. The van der Waals surface area contributed by atoms with Crippen LogP contribution < -0.4 is 5.32 Å². The molecule has 0 bridgehead atoms. The van der Waals surface area contributed by atoms with Gasteiger partial charge in [0.05, 0.1) is 18.4 Å². The number of aryl methyl sites for hydroxylation is 1. The van der Waals surface area contributed by atoms with Crippen LogP contribution >= 0.6 is 0 Å². The van der Waals surface area contributed by atoms with Crippen LogP contribution in [0.1, 0.15) is 16.7 Å². The summed E-state index contributed by atoms with van der Waals surface area (Å²) < 4.78 is 2.99. The fourth-order valence-electron chi connectivity index (χ4n) is 1.85. The Kier molecular flexibility index (Phi) is 2.02. The standard InChI is InChI=1S/C10H11N5O2/c1-14-5-6(3-12-14)7-2-8-10(17)11-4-9(16)15(8)13-7/h2-3,5,9,16H,4H2,1H3,(H,11,17). The quantitative estimate of drug-likeness (QED) is 0.696. The molecule has 1 aliphatic heterocycles. The van der Waals surface area contributed by atoms with Crippen molar-refractivity contribution in [2.45, 2.75) is 6.23 Å². The Bertz CT molecular complexity index is 585. The Morgan fingerprint density at radius 2 is 2.41 bits per heavy atom. The summed E-state index contributed by atoms with van der Waals surface area (Å²) in [5.74, 6) is -0.224. The van der Waals surface area contributed by atoms with E-state index >= 15 is 0 Å². The smallest absolute Gasteiger partial charge is 0.269 e. The summed E-state index contributed by atoms with van der Waals surface area (Å²) >= 11 is 0. The zero-order chi connectivity index (χ0) is 12.0. The number of hydrogen-bond donors (Lipinski definition) is 2. The van der Waals surface area contributed by atoms with Crippen LogP contribution in [0.3, 0.4) is 0 Å². The zero-order valence-electron chi connectivity index (χ0n) is 9.16. The van der Waals surface area contributed by atoms with Gasteiger partial charge in [-0.05, 0) is 6.07 Å². The van der Waals surface area contributed by atoms with E-state index in [2.05, 4.69) is 15.5 Å². The van der Waals surface area contributed by atoms with Gasteiger partial charge in [0.1, 0.15) is 5.69 Å². The molecule has 0 fully saturated rings. The number of aromatic nitrogens is 4. The molecule has 0 saturated carbocycles. The third-order valence-electron chi connectivity index (χ3n) is 2.70. The van der Waals surface area contributed by atoms with Crippen LogP contribution in [-0.2, 0) is 7.05 Å². The highest BCUT2D eigenvalue weighted by Gasteiger charge is 2.25. The van der Waals surface area contributed by atoms with Gasteiger partial charge >= 0.3 is 0 Å². The first-order valence-electron chi connectivity index (χ1n) is 5.20. The molecule has 2 aromatic rings. The molecule has 1 amide bonds. The van der Waals surface area contributed by atoms with Gasteiger partial charge in [-0.1, -0.05) is 0 Å². The minimum Gasteiger partial charge on any atom is -0.370 e. The maximum atomic E-state index is 11.6. The highest BCUT2D eigenvalue weighted by atomic mass is 16.3. The van der Waals surface area contributed by atoms with Gasteiger partial charge in [0.15, 0.2) is 6.23 Å². The number of carbonyl (C=O) groups is 1. The molecule has 0 aromatic carbocycles. The first-order chi connectivity index (χ1) is 8.15. The normalized spacial score (nSPS) is 18.9. The number of nitrogens with zero attached hydrogens (tertiary/aromatic N) is 4. The van der Waals surface area contributed by atoms with Crippen LogP contribution in [-0.4, -0.2) is 37.1 Å². The fraction of sp³-hybridized carbons (Fsp3) is 0.300. The number of aliphatic hydroxyl groups is 1. The number of rotatable bonds is 1. The van der Waals surface area contributed by atoms with E-state index in [9.17, 15) is 9.90 Å². The lowest BCUT2D eigenvalue weighted by Gasteiger charge is -2.19. The third kappa shape index (κ3) is 1.51. The number of fused-ring (bicyclic) bond motifs is 1. The molecule has 2 N–H and O–H groups in total. The molecular formula is C10H11N5O2. The molecule has 7 nitrogen and oxygen atoms in total. The molecule has 1 atom stereocenters. The Labute approximate surface area is 96.7 Å². The zero-order valence-corrected chi connectivity index (χ0v) is 9.16. The van der Waals surface area contributed by atoms with Crippen molar-refractivity contribution in [3.63, 3.8) is 0 Å². The summed E-state index contributed by atoms with van der Waals surface area (Å²) in [5, 5.41) is 20.6. The van der Waals surface area contributed by atoms with Gasteiger partial charge in [-0.3, -0.25) is 9.48 Å². The minimum atomic E-state index is -0.812. The lowest BCUT2D eigenvalue weighted by atomic mass is 10.2. The van der Waals surface area contributed by atoms with Crippen molar-refractivity contribution in [2.75, 3.05) is 6.54 Å². The fourth-order valence-corrected chi connectivity index (χ4v) is 1.85. The summed E-state index contributed by atoms with van der Waals surface area (Å²) in [6.45, 7) is 0.181. The van der Waals surface area contributed by atoms with Crippen molar-refractivity contribution >= 4 is 5.91 Å². The van der Waals surface area contributed by atoms with Crippen LogP contribution in [0.2, 0.25) is 0 Å². The summed E-state index contributed by atoms with van der Waals surface area (Å²) in [4.78, 5) is 11.6. The maximum Gasteiger partial charge on any atom is 0.269 e. The number of amides is 1. The number of β-amino-alcohol motifs (C(OH)–C–C–N with tert-alkyl or cyclic N) is 1. The summed E-state index contributed by atoms with van der Waals surface area (Å²) in [6, 6.07) is 1.65. The summed E-state index contributed by atoms with van der Waals surface area (Å²) in [6.07, 6.45) is 2.66. The minimum absolute atomic E-state index is 0.181. The summed E-state index contributed by atoms with van der Waals surface area (Å²) in [5.41, 5.74) is 1.81. The number of carbonyl (C=O) groups excluding carboxylic acids is 1. The predicted octanol–water partition coefficient (Wildman–Crippen LogP) is -0.482. The van der Waals surface area contributed by atoms with E-state index < -0.39 is 6.23 Å². The van der Waals surface area contributed by atoms with Crippen molar-refractivity contribution in [3.8, 4) is 11.3 Å². The second kappa shape index (κ2) is 3.42. The first kappa shape index (κ1) is 10.0. The SMILES string of the molecule is Cn1cc(-c2cc3n(n2)C(O)CNC3=O)cn1. The second-order valence-electron chi connectivity index (χ2n) is 3.95. The van der Waals surface area contributed by atoms with Crippen LogP contribution in [0.4, 0.5) is 0 Å². The first-order valence-corrected chi connectivity index (χ1v) is 5.20. The molecular weight excluding hydrogens is 222 g/mol. The van der Waals surface area contributed by atoms with Gasteiger partial charge in [0, 0.05) is 18.8 Å². The second-order valence-corrected chi connectivity index (χ2v) is 3.95. The van der Waals surface area contributed by atoms with Gasteiger partial charge < -0.3 is 10.4 Å². The van der Waals surface area contributed by atoms with Crippen LogP contribution in [0, 0.1) is 0 Å².